The number of ether oxygens (including phenoxy) is 1. The molecule has 1 aliphatic heterocycles. The molecule has 0 radical (unpaired) electrons. The van der Waals surface area contributed by atoms with Gasteiger partial charge in [0.1, 0.15) is 12.3 Å². The molecular weight excluding hydrogens is 367 g/mol. The number of halogens is 3. The van der Waals surface area contributed by atoms with E-state index in [1.54, 1.807) is 12.1 Å². The lowest BCUT2D eigenvalue weighted by Crippen LogP contribution is -2.67. The summed E-state index contributed by atoms with van der Waals surface area (Å²) in [6, 6.07) is 3.18. The highest BCUT2D eigenvalue weighted by Crippen LogP contribution is 2.42. The summed E-state index contributed by atoms with van der Waals surface area (Å²) < 4.78 is 46.0. The van der Waals surface area contributed by atoms with Gasteiger partial charge in [0.2, 0.25) is 0 Å². The van der Waals surface area contributed by atoms with Gasteiger partial charge < -0.3 is 20.5 Å². The fraction of sp³-hybridized carbons (Fsp3) is 0.353. The normalized spacial score (nSPS) is 19.8. The van der Waals surface area contributed by atoms with Gasteiger partial charge in [-0.1, -0.05) is 6.07 Å². The lowest BCUT2D eigenvalue weighted by Gasteiger charge is -2.37. The van der Waals surface area contributed by atoms with Crippen LogP contribution in [-0.4, -0.2) is 46.8 Å². The molecular formula is C17H18F3N3O4. The third-order valence-electron chi connectivity index (χ3n) is 3.98. The minimum atomic E-state index is -5.19. The zero-order valence-electron chi connectivity index (χ0n) is 14.6. The first-order valence-electron chi connectivity index (χ1n) is 7.94. The van der Waals surface area contributed by atoms with Crippen LogP contribution < -0.4 is 10.6 Å². The van der Waals surface area contributed by atoms with Crippen LogP contribution >= 0.6 is 0 Å². The lowest BCUT2D eigenvalue weighted by atomic mass is 9.85. The van der Waals surface area contributed by atoms with Crippen molar-refractivity contribution in [3.8, 4) is 0 Å². The number of aliphatic hydroxyl groups excluding tert-OH is 1. The molecule has 0 saturated heterocycles. The number of allylic oxidation sites excluding steroid dienone is 2. The molecule has 1 atom stereocenters. The number of nitrogens with zero attached hydrogens (tertiary/aromatic N) is 1. The molecule has 10 heteroatoms. The number of aromatic nitrogens is 1. The van der Waals surface area contributed by atoms with Crippen LogP contribution in [0, 0.1) is 0 Å². The number of alkyl halides is 3. The molecule has 146 valence electrons. The molecule has 0 fully saturated rings. The maximum Gasteiger partial charge on any atom is 0.428 e. The number of dihydropyridines is 1. The summed E-state index contributed by atoms with van der Waals surface area (Å²) in [6.45, 7) is 2.02. The summed E-state index contributed by atoms with van der Waals surface area (Å²) in [5.41, 5.74) is -2.87. The number of rotatable bonds is 5. The number of hydrogen-bond donors (Lipinski definition) is 3. The Bertz CT molecular complexity index is 790. The van der Waals surface area contributed by atoms with Crippen molar-refractivity contribution in [1.82, 2.24) is 15.6 Å². The first kappa shape index (κ1) is 20.3. The number of carbonyl (C=O) groups is 2. The second-order valence-corrected chi connectivity index (χ2v) is 5.65. The SMILES string of the molecule is CCOC(=O)CNC(=O)C1(C(F)(F)F)NC=C(c2cccnc2)C(C)=C1O. The zero-order chi connectivity index (χ0) is 20.2. The van der Waals surface area contributed by atoms with Crippen LogP contribution in [0.4, 0.5) is 13.2 Å². The minimum absolute atomic E-state index is 0.0127. The maximum absolute atomic E-state index is 13.8. The van der Waals surface area contributed by atoms with Gasteiger partial charge >= 0.3 is 12.1 Å². The van der Waals surface area contributed by atoms with Crippen molar-refractivity contribution < 1.29 is 32.6 Å². The van der Waals surface area contributed by atoms with Crippen LogP contribution in [0.25, 0.3) is 5.57 Å². The first-order valence-corrected chi connectivity index (χ1v) is 7.94. The summed E-state index contributed by atoms with van der Waals surface area (Å²) in [7, 11) is 0. The lowest BCUT2D eigenvalue weighted by molar-refractivity contribution is -0.195. The average molecular weight is 385 g/mol. The van der Waals surface area contributed by atoms with E-state index in [1.165, 1.54) is 26.2 Å². The summed E-state index contributed by atoms with van der Waals surface area (Å²) in [5.74, 6) is -3.73. The standard InChI is InChI=1S/C17H18F3N3O4/c1-3-27-13(24)9-22-15(26)16(17(18,19)20)14(25)10(2)12(8-23-16)11-5-4-6-21-7-11/h4-8,23,25H,3,9H2,1-2H3,(H,22,26). The Morgan fingerprint density at radius 2 is 2.11 bits per heavy atom. The number of carbonyl (C=O) groups excluding carboxylic acids is 2. The van der Waals surface area contributed by atoms with Gasteiger partial charge in [-0.2, -0.15) is 13.2 Å². The van der Waals surface area contributed by atoms with Gasteiger partial charge in [-0.25, -0.2) is 0 Å². The number of esters is 1. The van der Waals surface area contributed by atoms with Crippen molar-refractivity contribution in [1.29, 1.82) is 0 Å². The monoisotopic (exact) mass is 385 g/mol. The van der Waals surface area contributed by atoms with Gasteiger partial charge in [0.05, 0.1) is 6.61 Å². The first-order chi connectivity index (χ1) is 12.6. The van der Waals surface area contributed by atoms with E-state index in [0.717, 1.165) is 6.20 Å². The fourth-order valence-electron chi connectivity index (χ4n) is 2.60. The molecule has 0 aliphatic carbocycles. The number of aliphatic hydroxyl groups is 1. The highest BCUT2D eigenvalue weighted by Gasteiger charge is 2.65. The van der Waals surface area contributed by atoms with E-state index < -0.39 is 35.9 Å². The molecule has 2 heterocycles. The second kappa shape index (κ2) is 7.68. The number of hydrogen-bond acceptors (Lipinski definition) is 6. The Morgan fingerprint density at radius 3 is 2.67 bits per heavy atom. The van der Waals surface area contributed by atoms with Gasteiger partial charge in [-0.15, -0.1) is 0 Å². The Labute approximate surface area is 152 Å². The molecule has 0 aromatic carbocycles. The maximum atomic E-state index is 13.8. The van der Waals surface area contributed by atoms with Crippen molar-refractivity contribution in [2.24, 2.45) is 0 Å². The summed E-state index contributed by atoms with van der Waals surface area (Å²) in [4.78, 5) is 27.6. The van der Waals surface area contributed by atoms with Gasteiger partial charge in [0, 0.05) is 29.7 Å². The highest BCUT2D eigenvalue weighted by atomic mass is 19.4. The molecule has 1 amide bonds. The molecule has 1 aromatic rings. The van der Waals surface area contributed by atoms with Gasteiger partial charge in [0.15, 0.2) is 0 Å². The van der Waals surface area contributed by atoms with Crippen molar-refractivity contribution in [3.05, 3.63) is 47.6 Å². The van der Waals surface area contributed by atoms with E-state index in [2.05, 4.69) is 9.72 Å². The van der Waals surface area contributed by atoms with Gasteiger partial charge in [-0.05, 0) is 25.5 Å². The number of nitrogens with one attached hydrogen (secondary N) is 2. The minimum Gasteiger partial charge on any atom is -0.509 e. The molecule has 27 heavy (non-hydrogen) atoms. The fourth-order valence-corrected chi connectivity index (χ4v) is 2.60. The van der Waals surface area contributed by atoms with Crippen LogP contribution in [0.1, 0.15) is 19.4 Å². The van der Waals surface area contributed by atoms with E-state index >= 15 is 0 Å². The molecule has 0 saturated carbocycles. The molecule has 1 unspecified atom stereocenters. The molecule has 0 spiro atoms. The summed E-state index contributed by atoms with van der Waals surface area (Å²) in [6.07, 6.45) is -1.30. The smallest absolute Gasteiger partial charge is 0.428 e. The topological polar surface area (TPSA) is 101 Å². The Balaban J connectivity index is 2.39. The van der Waals surface area contributed by atoms with Crippen LogP contribution in [0.15, 0.2) is 42.1 Å². The van der Waals surface area contributed by atoms with E-state index in [4.69, 9.17) is 0 Å². The Morgan fingerprint density at radius 1 is 1.41 bits per heavy atom. The van der Waals surface area contributed by atoms with E-state index in [-0.39, 0.29) is 17.8 Å². The van der Waals surface area contributed by atoms with E-state index in [9.17, 15) is 27.9 Å². The van der Waals surface area contributed by atoms with Gasteiger partial charge in [-0.3, -0.25) is 14.6 Å². The summed E-state index contributed by atoms with van der Waals surface area (Å²) >= 11 is 0. The van der Waals surface area contributed by atoms with Gasteiger partial charge in [0.25, 0.3) is 11.4 Å². The molecule has 0 bridgehead atoms. The third kappa shape index (κ3) is 3.74. The van der Waals surface area contributed by atoms with Crippen LogP contribution in [-0.2, 0) is 14.3 Å². The molecule has 2 rings (SSSR count). The van der Waals surface area contributed by atoms with E-state index in [1.807, 2.05) is 10.6 Å². The quantitative estimate of drug-likeness (QED) is 0.669. The Kier molecular flexibility index (Phi) is 5.77. The van der Waals surface area contributed by atoms with Crippen LogP contribution in [0.5, 0.6) is 0 Å². The second-order valence-electron chi connectivity index (χ2n) is 5.65. The zero-order valence-corrected chi connectivity index (χ0v) is 14.6. The van der Waals surface area contributed by atoms with Crippen molar-refractivity contribution in [2.75, 3.05) is 13.2 Å². The van der Waals surface area contributed by atoms with E-state index in [0.29, 0.717) is 5.56 Å². The number of pyridine rings is 1. The van der Waals surface area contributed by atoms with Crippen LogP contribution in [0.3, 0.4) is 0 Å². The van der Waals surface area contributed by atoms with Crippen LogP contribution in [0.2, 0.25) is 0 Å². The number of amides is 1. The predicted molar refractivity (Wildman–Crippen MR) is 89.1 cm³/mol. The predicted octanol–water partition coefficient (Wildman–Crippen LogP) is 1.84. The molecule has 3 N–H and O–H groups in total. The van der Waals surface area contributed by atoms with Crippen molar-refractivity contribution in [2.45, 2.75) is 25.6 Å². The van der Waals surface area contributed by atoms with Crippen molar-refractivity contribution >= 4 is 17.4 Å². The molecule has 1 aromatic heterocycles. The highest BCUT2D eigenvalue weighted by molar-refractivity contribution is 5.96. The third-order valence-corrected chi connectivity index (χ3v) is 3.98. The largest absolute Gasteiger partial charge is 0.509 e. The Hall–Kier alpha value is -3.04. The molecule has 7 nitrogen and oxygen atoms in total. The molecule has 1 aliphatic rings. The summed E-state index contributed by atoms with van der Waals surface area (Å²) in [5, 5.41) is 14.2. The van der Waals surface area contributed by atoms with Crippen molar-refractivity contribution in [3.63, 3.8) is 0 Å². The average Bonchev–Trinajstić information content (AvgIpc) is 2.62.